The Balaban J connectivity index is 2.96. The van der Waals surface area contributed by atoms with Crippen LogP contribution in [0.2, 0.25) is 0 Å². The number of carbonyl (C=O) groups is 1. The molecule has 0 radical (unpaired) electrons. The van der Waals surface area contributed by atoms with Crippen LogP contribution >= 0.6 is 0 Å². The summed E-state index contributed by atoms with van der Waals surface area (Å²) >= 11 is 0. The molecule has 21 heavy (non-hydrogen) atoms. The summed E-state index contributed by atoms with van der Waals surface area (Å²) < 4.78 is 29.9. The molecule has 1 aromatic heterocycles. The molecule has 1 N–H and O–H groups in total. The standard InChI is InChI=1S/C12H22N4O4S/c1-7-16-9(14-15-10(16)21(6,18)19)8(2)13-11(17)20-12(3,4)5/h8H,7H2,1-6H3,(H,13,17)/t8-/m1/s1. The Bertz CT molecular complexity index is 616. The Morgan fingerprint density at radius 2 is 1.95 bits per heavy atom. The molecule has 0 fully saturated rings. The SMILES string of the molecule is CCn1c([C@@H](C)NC(=O)OC(C)(C)C)nnc1S(C)(=O)=O. The van der Waals surface area contributed by atoms with Crippen molar-refractivity contribution in [3.8, 4) is 0 Å². The number of ether oxygens (including phenoxy) is 1. The van der Waals surface area contributed by atoms with E-state index in [2.05, 4.69) is 15.5 Å². The van der Waals surface area contributed by atoms with Gasteiger partial charge in [-0.1, -0.05) is 0 Å². The third-order valence-electron chi connectivity index (χ3n) is 2.51. The van der Waals surface area contributed by atoms with Crippen molar-refractivity contribution in [3.05, 3.63) is 5.82 Å². The van der Waals surface area contributed by atoms with Crippen molar-refractivity contribution < 1.29 is 17.9 Å². The van der Waals surface area contributed by atoms with Gasteiger partial charge in [0.05, 0.1) is 6.04 Å². The van der Waals surface area contributed by atoms with Crippen molar-refractivity contribution in [2.75, 3.05) is 6.26 Å². The zero-order valence-electron chi connectivity index (χ0n) is 13.2. The molecule has 0 bridgehead atoms. The first-order valence-electron chi connectivity index (χ1n) is 6.58. The molecule has 0 aromatic carbocycles. The molecule has 0 saturated carbocycles. The van der Waals surface area contributed by atoms with Gasteiger partial charge in [-0.15, -0.1) is 10.2 Å². The van der Waals surface area contributed by atoms with Gasteiger partial charge in [-0.25, -0.2) is 13.2 Å². The highest BCUT2D eigenvalue weighted by molar-refractivity contribution is 7.90. The maximum atomic E-state index is 11.7. The summed E-state index contributed by atoms with van der Waals surface area (Å²) in [4.78, 5) is 11.7. The zero-order valence-corrected chi connectivity index (χ0v) is 14.0. The van der Waals surface area contributed by atoms with Crippen LogP contribution in [0.4, 0.5) is 4.79 Å². The molecule has 1 aromatic rings. The third kappa shape index (κ3) is 4.69. The van der Waals surface area contributed by atoms with E-state index in [1.165, 1.54) is 4.57 Å². The van der Waals surface area contributed by atoms with Crippen LogP contribution in [-0.2, 0) is 21.1 Å². The smallest absolute Gasteiger partial charge is 0.408 e. The highest BCUT2D eigenvalue weighted by Crippen LogP contribution is 2.16. The number of hydrogen-bond donors (Lipinski definition) is 1. The van der Waals surface area contributed by atoms with E-state index in [-0.39, 0.29) is 5.16 Å². The van der Waals surface area contributed by atoms with Crippen LogP contribution in [0.1, 0.15) is 46.5 Å². The molecule has 0 spiro atoms. The molecule has 9 heteroatoms. The van der Waals surface area contributed by atoms with E-state index in [1.54, 1.807) is 34.6 Å². The predicted octanol–water partition coefficient (Wildman–Crippen LogP) is 1.29. The Hall–Kier alpha value is -1.64. The lowest BCUT2D eigenvalue weighted by atomic mass is 10.2. The summed E-state index contributed by atoms with van der Waals surface area (Å²) in [6.45, 7) is 9.12. The Labute approximate surface area is 124 Å². The minimum Gasteiger partial charge on any atom is -0.444 e. The summed E-state index contributed by atoms with van der Waals surface area (Å²) in [5, 5.41) is 10.1. The molecule has 1 heterocycles. The minimum atomic E-state index is -3.47. The first kappa shape index (κ1) is 17.4. The molecule has 1 atom stereocenters. The maximum absolute atomic E-state index is 11.7. The fourth-order valence-corrected chi connectivity index (χ4v) is 2.55. The highest BCUT2D eigenvalue weighted by Gasteiger charge is 2.25. The van der Waals surface area contributed by atoms with Crippen molar-refractivity contribution >= 4 is 15.9 Å². The number of alkyl carbamates (subject to hydrolysis) is 1. The average Bonchev–Trinajstić information content (AvgIpc) is 2.68. The molecule has 0 saturated heterocycles. The number of carbonyl (C=O) groups excluding carboxylic acids is 1. The Morgan fingerprint density at radius 3 is 2.38 bits per heavy atom. The van der Waals surface area contributed by atoms with Gasteiger partial charge in [0.2, 0.25) is 15.0 Å². The van der Waals surface area contributed by atoms with Gasteiger partial charge in [-0.05, 0) is 34.6 Å². The lowest BCUT2D eigenvalue weighted by Crippen LogP contribution is -2.35. The first-order valence-corrected chi connectivity index (χ1v) is 8.47. The van der Waals surface area contributed by atoms with Crippen molar-refractivity contribution in [1.82, 2.24) is 20.1 Å². The number of aromatic nitrogens is 3. The van der Waals surface area contributed by atoms with E-state index in [1.807, 2.05) is 0 Å². The number of sulfone groups is 1. The normalized spacial score (nSPS) is 13.8. The number of nitrogens with one attached hydrogen (secondary N) is 1. The van der Waals surface area contributed by atoms with Gasteiger partial charge < -0.3 is 14.6 Å². The quantitative estimate of drug-likeness (QED) is 0.897. The molecule has 1 amide bonds. The van der Waals surface area contributed by atoms with Gasteiger partial charge >= 0.3 is 6.09 Å². The molecular weight excluding hydrogens is 296 g/mol. The Morgan fingerprint density at radius 1 is 1.38 bits per heavy atom. The lowest BCUT2D eigenvalue weighted by molar-refractivity contribution is 0.0505. The predicted molar refractivity (Wildman–Crippen MR) is 76.6 cm³/mol. The van der Waals surface area contributed by atoms with E-state index >= 15 is 0 Å². The van der Waals surface area contributed by atoms with Gasteiger partial charge in [0.1, 0.15) is 5.60 Å². The van der Waals surface area contributed by atoms with Crippen LogP contribution in [0.25, 0.3) is 0 Å². The van der Waals surface area contributed by atoms with Crippen LogP contribution in [0.5, 0.6) is 0 Å². The fourth-order valence-electron chi connectivity index (χ4n) is 1.74. The second kappa shape index (κ2) is 6.00. The van der Waals surface area contributed by atoms with Crippen molar-refractivity contribution in [1.29, 1.82) is 0 Å². The molecule has 0 unspecified atom stereocenters. The van der Waals surface area contributed by atoms with E-state index in [4.69, 9.17) is 4.74 Å². The van der Waals surface area contributed by atoms with Gasteiger partial charge in [-0.3, -0.25) is 0 Å². The molecule has 0 aliphatic heterocycles. The first-order chi connectivity index (χ1) is 9.45. The maximum Gasteiger partial charge on any atom is 0.408 e. The summed E-state index contributed by atoms with van der Waals surface area (Å²) in [5.74, 6) is 0.365. The van der Waals surface area contributed by atoms with Crippen molar-refractivity contribution in [3.63, 3.8) is 0 Å². The average molecular weight is 318 g/mol. The molecule has 0 aliphatic rings. The van der Waals surface area contributed by atoms with E-state index in [9.17, 15) is 13.2 Å². The number of hydrogen-bond acceptors (Lipinski definition) is 6. The van der Waals surface area contributed by atoms with Gasteiger partial charge in [0.15, 0.2) is 5.82 Å². The number of rotatable bonds is 4. The van der Waals surface area contributed by atoms with Crippen molar-refractivity contribution in [2.24, 2.45) is 0 Å². The second-order valence-corrected chi connectivity index (χ2v) is 7.63. The fraction of sp³-hybridized carbons (Fsp3) is 0.750. The summed E-state index contributed by atoms with van der Waals surface area (Å²) in [6.07, 6.45) is 0.473. The van der Waals surface area contributed by atoms with Gasteiger partial charge in [0, 0.05) is 12.8 Å². The van der Waals surface area contributed by atoms with Crippen molar-refractivity contribution in [2.45, 2.75) is 58.0 Å². The topological polar surface area (TPSA) is 103 Å². The number of nitrogens with zero attached hydrogens (tertiary/aromatic N) is 3. The molecule has 0 aliphatic carbocycles. The van der Waals surface area contributed by atoms with E-state index < -0.39 is 27.6 Å². The van der Waals surface area contributed by atoms with Crippen LogP contribution < -0.4 is 5.32 Å². The van der Waals surface area contributed by atoms with E-state index in [0.717, 1.165) is 6.26 Å². The monoisotopic (exact) mass is 318 g/mol. The Kier molecular flexibility index (Phi) is 4.98. The lowest BCUT2D eigenvalue weighted by Gasteiger charge is -2.21. The van der Waals surface area contributed by atoms with Gasteiger partial charge in [-0.2, -0.15) is 0 Å². The third-order valence-corrected chi connectivity index (χ3v) is 3.48. The molecular formula is C12H22N4O4S. The summed E-state index contributed by atoms with van der Waals surface area (Å²) in [5.41, 5.74) is -0.611. The molecule has 1 rings (SSSR count). The van der Waals surface area contributed by atoms with Crippen LogP contribution in [0.3, 0.4) is 0 Å². The molecule has 8 nitrogen and oxygen atoms in total. The number of amides is 1. The summed E-state index contributed by atoms with van der Waals surface area (Å²) in [7, 11) is -3.47. The van der Waals surface area contributed by atoms with Gasteiger partial charge in [0.25, 0.3) is 0 Å². The minimum absolute atomic E-state index is 0.113. The molecule has 120 valence electrons. The van der Waals surface area contributed by atoms with Crippen LogP contribution in [0.15, 0.2) is 5.16 Å². The second-order valence-electron chi connectivity index (χ2n) is 5.73. The largest absolute Gasteiger partial charge is 0.444 e. The zero-order chi connectivity index (χ0) is 16.4. The van der Waals surface area contributed by atoms with Crippen LogP contribution in [-0.4, -0.2) is 41.1 Å². The summed E-state index contributed by atoms with van der Waals surface area (Å²) in [6, 6.07) is -0.525. The van der Waals surface area contributed by atoms with E-state index in [0.29, 0.717) is 12.4 Å². The van der Waals surface area contributed by atoms with Crippen LogP contribution in [0, 0.1) is 0 Å². The highest BCUT2D eigenvalue weighted by atomic mass is 32.2.